The highest BCUT2D eigenvalue weighted by atomic mass is 19.1. The molecule has 4 rings (SSSR count). The van der Waals surface area contributed by atoms with Crippen LogP contribution in [0.15, 0.2) is 60.7 Å². The van der Waals surface area contributed by atoms with Gasteiger partial charge in [0.25, 0.3) is 0 Å². The van der Waals surface area contributed by atoms with Crippen molar-refractivity contribution in [2.24, 2.45) is 0 Å². The predicted octanol–water partition coefficient (Wildman–Crippen LogP) is 3.58. The molecule has 2 aliphatic heterocycles. The molecule has 28 heavy (non-hydrogen) atoms. The molecule has 148 valence electrons. The van der Waals surface area contributed by atoms with E-state index in [1.807, 2.05) is 65.6 Å². The number of benzene rings is 2. The maximum Gasteiger partial charge on any atom is 0.345 e. The Labute approximate surface area is 164 Å². The van der Waals surface area contributed by atoms with E-state index in [4.69, 9.17) is 4.74 Å². The highest BCUT2D eigenvalue weighted by Crippen LogP contribution is 2.57. The first kappa shape index (κ1) is 19.1. The number of hydrogen-bond donors (Lipinski definition) is 1. The van der Waals surface area contributed by atoms with Crippen molar-refractivity contribution in [2.75, 3.05) is 6.61 Å². The molecule has 0 radical (unpaired) electrons. The van der Waals surface area contributed by atoms with Crippen LogP contribution in [0.1, 0.15) is 37.3 Å². The monoisotopic (exact) mass is 383 g/mol. The number of nitrogens with zero attached hydrogens (tertiary/aromatic N) is 1. The lowest BCUT2D eigenvalue weighted by Gasteiger charge is -2.48. The van der Waals surface area contributed by atoms with E-state index < -0.39 is 29.3 Å². The topological polar surface area (TPSA) is 49.8 Å². The van der Waals surface area contributed by atoms with E-state index in [9.17, 15) is 9.90 Å². The Morgan fingerprint density at radius 1 is 1.14 bits per heavy atom. The Bertz CT molecular complexity index is 830. The van der Waals surface area contributed by atoms with Crippen molar-refractivity contribution >= 4 is 5.97 Å². The summed E-state index contributed by atoms with van der Waals surface area (Å²) in [6.07, 6.45) is 0.0110. The number of rotatable bonds is 5. The predicted molar refractivity (Wildman–Crippen MR) is 104 cm³/mol. The molecule has 0 aromatic heterocycles. The number of aliphatic hydroxyl groups is 1. The normalized spacial score (nSPS) is 32.2. The Morgan fingerprint density at radius 2 is 1.79 bits per heavy atom. The molecule has 0 aliphatic carbocycles. The van der Waals surface area contributed by atoms with Gasteiger partial charge < -0.3 is 9.84 Å². The summed E-state index contributed by atoms with van der Waals surface area (Å²) >= 11 is 0. The van der Waals surface area contributed by atoms with Gasteiger partial charge in [0, 0.05) is 13.0 Å². The van der Waals surface area contributed by atoms with E-state index in [1.165, 1.54) is 0 Å². The van der Waals surface area contributed by atoms with E-state index in [2.05, 4.69) is 0 Å². The van der Waals surface area contributed by atoms with Crippen LogP contribution in [0.5, 0.6) is 0 Å². The highest BCUT2D eigenvalue weighted by Gasteiger charge is 2.69. The number of alkyl halides is 1. The van der Waals surface area contributed by atoms with Crippen LogP contribution >= 0.6 is 0 Å². The van der Waals surface area contributed by atoms with Gasteiger partial charge in [-0.1, -0.05) is 60.7 Å². The van der Waals surface area contributed by atoms with Crippen molar-refractivity contribution in [3.63, 3.8) is 0 Å². The lowest BCUT2D eigenvalue weighted by atomic mass is 9.78. The molecule has 4 atom stereocenters. The summed E-state index contributed by atoms with van der Waals surface area (Å²) < 4.78 is 21.4. The summed E-state index contributed by atoms with van der Waals surface area (Å²) in [5.41, 5.74) is -1.23. The molecule has 4 unspecified atom stereocenters. The van der Waals surface area contributed by atoms with Crippen molar-refractivity contribution in [1.82, 2.24) is 4.90 Å². The van der Waals surface area contributed by atoms with E-state index in [0.717, 1.165) is 11.1 Å². The fourth-order valence-electron chi connectivity index (χ4n) is 5.06. The molecule has 2 heterocycles. The number of fused-ring (bicyclic) bond motifs is 2. The second kappa shape index (κ2) is 7.30. The molecule has 5 heteroatoms. The standard InChI is InChI=1S/C23H26FNO3/c1-2-28-21(27)22(24)16-23(18-11-7-4-8-12-18)20(26)14-13-19(22)25(23)15-17-9-5-3-6-10-17/h3-12,19-20,26H,2,13-16H2,1H3. The quantitative estimate of drug-likeness (QED) is 0.802. The van der Waals surface area contributed by atoms with Crippen molar-refractivity contribution in [3.05, 3.63) is 71.8 Å². The zero-order chi connectivity index (χ0) is 19.8. The van der Waals surface area contributed by atoms with Crippen LogP contribution in [0.3, 0.4) is 0 Å². The van der Waals surface area contributed by atoms with Crippen molar-refractivity contribution < 1.29 is 19.0 Å². The summed E-state index contributed by atoms with van der Waals surface area (Å²) in [6, 6.07) is 18.7. The van der Waals surface area contributed by atoms with Crippen molar-refractivity contribution in [2.45, 2.75) is 56.1 Å². The summed E-state index contributed by atoms with van der Waals surface area (Å²) in [5.74, 6) is -0.815. The first-order valence-electron chi connectivity index (χ1n) is 9.93. The summed E-state index contributed by atoms with van der Waals surface area (Å²) in [4.78, 5) is 14.7. The summed E-state index contributed by atoms with van der Waals surface area (Å²) in [5, 5.41) is 11.1. The molecule has 2 aliphatic rings. The van der Waals surface area contributed by atoms with Crippen LogP contribution in [0.4, 0.5) is 4.39 Å². The second-order valence-electron chi connectivity index (χ2n) is 7.77. The summed E-state index contributed by atoms with van der Waals surface area (Å²) in [6.45, 7) is 2.28. The van der Waals surface area contributed by atoms with E-state index in [0.29, 0.717) is 19.4 Å². The fraction of sp³-hybridized carbons (Fsp3) is 0.435. The number of esters is 1. The summed E-state index contributed by atoms with van der Waals surface area (Å²) in [7, 11) is 0. The zero-order valence-electron chi connectivity index (χ0n) is 16.1. The first-order chi connectivity index (χ1) is 13.5. The minimum absolute atomic E-state index is 0.0957. The van der Waals surface area contributed by atoms with Gasteiger partial charge in [-0.2, -0.15) is 0 Å². The molecule has 1 N–H and O–H groups in total. The van der Waals surface area contributed by atoms with Crippen LogP contribution in [0.2, 0.25) is 0 Å². The van der Waals surface area contributed by atoms with Crippen LogP contribution in [-0.4, -0.2) is 40.4 Å². The number of aliphatic hydroxyl groups excluding tert-OH is 1. The molecule has 4 nitrogen and oxygen atoms in total. The van der Waals surface area contributed by atoms with Gasteiger partial charge in [-0.05, 0) is 30.9 Å². The maximum absolute atomic E-state index is 16.3. The van der Waals surface area contributed by atoms with E-state index in [1.54, 1.807) is 6.92 Å². The van der Waals surface area contributed by atoms with Gasteiger partial charge in [0.2, 0.25) is 5.67 Å². The number of carbonyl (C=O) groups is 1. The van der Waals surface area contributed by atoms with Crippen molar-refractivity contribution in [3.8, 4) is 0 Å². The van der Waals surface area contributed by atoms with Gasteiger partial charge in [-0.3, -0.25) is 4.90 Å². The Morgan fingerprint density at radius 3 is 2.43 bits per heavy atom. The molecular weight excluding hydrogens is 357 g/mol. The van der Waals surface area contributed by atoms with Crippen LogP contribution < -0.4 is 0 Å². The molecular formula is C23H26FNO3. The van der Waals surface area contributed by atoms with Crippen molar-refractivity contribution in [1.29, 1.82) is 0 Å². The SMILES string of the molecule is CCOC(=O)C1(F)CC2(c3ccccc3)C(O)CCC1N2Cc1ccccc1. The third kappa shape index (κ3) is 2.85. The minimum Gasteiger partial charge on any atom is -0.464 e. The minimum atomic E-state index is -2.14. The van der Waals surface area contributed by atoms with Gasteiger partial charge in [-0.25, -0.2) is 9.18 Å². The van der Waals surface area contributed by atoms with Gasteiger partial charge in [0.15, 0.2) is 0 Å². The Kier molecular flexibility index (Phi) is 4.98. The molecule has 0 spiro atoms. The average Bonchev–Trinajstić information content (AvgIpc) is 2.90. The van der Waals surface area contributed by atoms with Gasteiger partial charge in [0.05, 0.1) is 24.3 Å². The number of hydrogen-bond acceptors (Lipinski definition) is 4. The molecule has 2 bridgehead atoms. The lowest BCUT2D eigenvalue weighted by molar-refractivity contribution is -0.159. The molecule has 0 saturated carbocycles. The van der Waals surface area contributed by atoms with Gasteiger partial charge in [-0.15, -0.1) is 0 Å². The van der Waals surface area contributed by atoms with E-state index >= 15 is 4.39 Å². The Balaban J connectivity index is 1.84. The number of ether oxygens (including phenoxy) is 1. The fourth-order valence-corrected chi connectivity index (χ4v) is 5.06. The van der Waals surface area contributed by atoms with Crippen LogP contribution in [0.25, 0.3) is 0 Å². The average molecular weight is 383 g/mol. The molecule has 2 aromatic rings. The molecule has 0 amide bonds. The Hall–Kier alpha value is -2.24. The third-order valence-corrected chi connectivity index (χ3v) is 6.29. The zero-order valence-corrected chi connectivity index (χ0v) is 16.1. The van der Waals surface area contributed by atoms with Crippen LogP contribution in [0, 0.1) is 0 Å². The largest absolute Gasteiger partial charge is 0.464 e. The first-order valence-corrected chi connectivity index (χ1v) is 9.93. The molecule has 2 aromatic carbocycles. The highest BCUT2D eigenvalue weighted by molar-refractivity contribution is 5.82. The third-order valence-electron chi connectivity index (χ3n) is 6.29. The van der Waals surface area contributed by atoms with E-state index in [-0.39, 0.29) is 13.0 Å². The maximum atomic E-state index is 16.3. The van der Waals surface area contributed by atoms with Gasteiger partial charge in [0.1, 0.15) is 0 Å². The molecule has 2 saturated heterocycles. The van der Waals surface area contributed by atoms with Crippen LogP contribution in [-0.2, 0) is 21.6 Å². The number of carbonyl (C=O) groups excluding carboxylic acids is 1. The molecule has 2 fully saturated rings. The van der Waals surface area contributed by atoms with Gasteiger partial charge >= 0.3 is 5.97 Å². The second-order valence-corrected chi connectivity index (χ2v) is 7.77. The lowest BCUT2D eigenvalue weighted by Crippen LogP contribution is -2.56. The number of halogens is 1. The smallest absolute Gasteiger partial charge is 0.345 e. The number of piperidine rings is 1.